The Morgan fingerprint density at radius 1 is 1.47 bits per heavy atom. The van der Waals surface area contributed by atoms with Crippen LogP contribution in [0.4, 0.5) is 0 Å². The number of ether oxygens (including phenoxy) is 1. The minimum absolute atomic E-state index is 0.631. The Morgan fingerprint density at radius 2 is 2.33 bits per heavy atom. The molecular formula is C13H19NO. The van der Waals surface area contributed by atoms with Crippen LogP contribution < -0.4 is 10.1 Å². The number of nitrogens with one attached hydrogen (secondary N) is 1. The van der Waals surface area contributed by atoms with Crippen molar-refractivity contribution in [2.24, 2.45) is 0 Å². The summed E-state index contributed by atoms with van der Waals surface area (Å²) in [5.41, 5.74) is 2.70. The normalized spacial score (nSPS) is 20.5. The van der Waals surface area contributed by atoms with Crippen molar-refractivity contribution in [2.75, 3.05) is 19.7 Å². The number of benzene rings is 1. The van der Waals surface area contributed by atoms with Gasteiger partial charge in [-0.2, -0.15) is 0 Å². The SMILES string of the molecule is CCOc1ccc(C)cc1C1CCNC1. The van der Waals surface area contributed by atoms with Crippen molar-refractivity contribution in [3.8, 4) is 5.75 Å². The molecule has 1 aliphatic rings. The van der Waals surface area contributed by atoms with Crippen LogP contribution in [0.15, 0.2) is 18.2 Å². The standard InChI is InChI=1S/C13H19NO/c1-3-15-13-5-4-10(2)8-12(13)11-6-7-14-9-11/h4-5,8,11,14H,3,6-7,9H2,1-2H3. The van der Waals surface area contributed by atoms with Gasteiger partial charge in [0.05, 0.1) is 6.61 Å². The van der Waals surface area contributed by atoms with Crippen LogP contribution in [-0.2, 0) is 0 Å². The minimum atomic E-state index is 0.631. The molecule has 1 heterocycles. The lowest BCUT2D eigenvalue weighted by atomic mass is 9.96. The van der Waals surface area contributed by atoms with Gasteiger partial charge in [0.2, 0.25) is 0 Å². The van der Waals surface area contributed by atoms with Crippen LogP contribution in [-0.4, -0.2) is 19.7 Å². The smallest absolute Gasteiger partial charge is 0.122 e. The molecule has 1 aromatic carbocycles. The molecule has 1 fully saturated rings. The van der Waals surface area contributed by atoms with Gasteiger partial charge in [-0.25, -0.2) is 0 Å². The van der Waals surface area contributed by atoms with Gasteiger partial charge in [0.15, 0.2) is 0 Å². The predicted octanol–water partition coefficient (Wildman–Crippen LogP) is 2.47. The number of hydrogen-bond acceptors (Lipinski definition) is 2. The van der Waals surface area contributed by atoms with E-state index in [2.05, 4.69) is 30.4 Å². The quantitative estimate of drug-likeness (QED) is 0.818. The van der Waals surface area contributed by atoms with Crippen LogP contribution in [0.2, 0.25) is 0 Å². The highest BCUT2D eigenvalue weighted by atomic mass is 16.5. The Balaban J connectivity index is 2.28. The lowest BCUT2D eigenvalue weighted by Gasteiger charge is -2.15. The van der Waals surface area contributed by atoms with Gasteiger partial charge in [0, 0.05) is 12.5 Å². The van der Waals surface area contributed by atoms with Crippen LogP contribution in [0.25, 0.3) is 0 Å². The summed E-state index contributed by atoms with van der Waals surface area (Å²) in [6, 6.07) is 6.49. The highest BCUT2D eigenvalue weighted by molar-refractivity contribution is 5.40. The Bertz CT molecular complexity index is 329. The molecule has 0 amide bonds. The third-order valence-electron chi connectivity index (χ3n) is 2.97. The van der Waals surface area contributed by atoms with Gasteiger partial charge in [0.1, 0.15) is 5.75 Å². The third-order valence-corrected chi connectivity index (χ3v) is 2.97. The molecule has 0 radical (unpaired) electrons. The molecule has 0 aromatic heterocycles. The van der Waals surface area contributed by atoms with Crippen molar-refractivity contribution >= 4 is 0 Å². The van der Waals surface area contributed by atoms with Crippen LogP contribution in [0.5, 0.6) is 5.75 Å². The van der Waals surface area contributed by atoms with Crippen LogP contribution in [0, 0.1) is 6.92 Å². The van der Waals surface area contributed by atoms with E-state index in [0.29, 0.717) is 5.92 Å². The highest BCUT2D eigenvalue weighted by Crippen LogP contribution is 2.31. The minimum Gasteiger partial charge on any atom is -0.494 e. The van der Waals surface area contributed by atoms with Crippen LogP contribution in [0.1, 0.15) is 30.4 Å². The van der Waals surface area contributed by atoms with Crippen molar-refractivity contribution in [1.82, 2.24) is 5.32 Å². The second-order valence-electron chi connectivity index (χ2n) is 4.16. The maximum Gasteiger partial charge on any atom is 0.122 e. The zero-order valence-electron chi connectivity index (χ0n) is 9.55. The summed E-state index contributed by atoms with van der Waals surface area (Å²) >= 11 is 0. The molecule has 0 spiro atoms. The number of rotatable bonds is 3. The lowest BCUT2D eigenvalue weighted by molar-refractivity contribution is 0.334. The van der Waals surface area contributed by atoms with E-state index in [4.69, 9.17) is 4.74 Å². The maximum absolute atomic E-state index is 5.68. The first kappa shape index (κ1) is 10.5. The molecule has 1 aliphatic heterocycles. The van der Waals surface area contributed by atoms with E-state index in [1.54, 1.807) is 0 Å². The van der Waals surface area contributed by atoms with Gasteiger partial charge in [-0.15, -0.1) is 0 Å². The van der Waals surface area contributed by atoms with Crippen molar-refractivity contribution < 1.29 is 4.74 Å². The Hall–Kier alpha value is -1.02. The Labute approximate surface area is 91.6 Å². The lowest BCUT2D eigenvalue weighted by Crippen LogP contribution is -2.09. The zero-order valence-corrected chi connectivity index (χ0v) is 9.55. The zero-order chi connectivity index (χ0) is 10.7. The Morgan fingerprint density at radius 3 is 3.00 bits per heavy atom. The van der Waals surface area contributed by atoms with Crippen molar-refractivity contribution in [3.63, 3.8) is 0 Å². The van der Waals surface area contributed by atoms with Crippen molar-refractivity contribution in [1.29, 1.82) is 0 Å². The average molecular weight is 205 g/mol. The second kappa shape index (κ2) is 4.67. The van der Waals surface area contributed by atoms with Gasteiger partial charge >= 0.3 is 0 Å². The summed E-state index contributed by atoms with van der Waals surface area (Å²) in [5.74, 6) is 1.70. The van der Waals surface area contributed by atoms with Crippen LogP contribution >= 0.6 is 0 Å². The van der Waals surface area contributed by atoms with E-state index >= 15 is 0 Å². The largest absolute Gasteiger partial charge is 0.494 e. The first-order chi connectivity index (χ1) is 7.31. The maximum atomic E-state index is 5.68. The molecule has 2 nitrogen and oxygen atoms in total. The molecular weight excluding hydrogens is 186 g/mol. The highest BCUT2D eigenvalue weighted by Gasteiger charge is 2.20. The third kappa shape index (κ3) is 2.32. The van der Waals surface area contributed by atoms with Gasteiger partial charge in [0.25, 0.3) is 0 Å². The van der Waals surface area contributed by atoms with Gasteiger partial charge < -0.3 is 10.1 Å². The first-order valence-corrected chi connectivity index (χ1v) is 5.75. The van der Waals surface area contributed by atoms with Gasteiger partial charge in [-0.3, -0.25) is 0 Å². The van der Waals surface area contributed by atoms with Gasteiger partial charge in [-0.1, -0.05) is 17.7 Å². The molecule has 1 atom stereocenters. The van der Waals surface area contributed by atoms with E-state index in [0.717, 1.165) is 25.4 Å². The number of aryl methyl sites for hydroxylation is 1. The van der Waals surface area contributed by atoms with Crippen LogP contribution in [0.3, 0.4) is 0 Å². The van der Waals surface area contributed by atoms with Gasteiger partial charge in [-0.05, 0) is 38.4 Å². The van der Waals surface area contributed by atoms with Crippen molar-refractivity contribution in [3.05, 3.63) is 29.3 Å². The topological polar surface area (TPSA) is 21.3 Å². The number of hydrogen-bond donors (Lipinski definition) is 1. The molecule has 0 bridgehead atoms. The molecule has 1 saturated heterocycles. The van der Waals surface area contributed by atoms with E-state index < -0.39 is 0 Å². The second-order valence-corrected chi connectivity index (χ2v) is 4.16. The summed E-state index contributed by atoms with van der Waals surface area (Å²) < 4.78 is 5.68. The summed E-state index contributed by atoms with van der Waals surface area (Å²) in [5, 5.41) is 3.40. The molecule has 0 saturated carbocycles. The predicted molar refractivity (Wildman–Crippen MR) is 62.6 cm³/mol. The van der Waals surface area contributed by atoms with E-state index in [-0.39, 0.29) is 0 Å². The summed E-state index contributed by atoms with van der Waals surface area (Å²) in [7, 11) is 0. The Kier molecular flexibility index (Phi) is 3.27. The molecule has 1 unspecified atom stereocenters. The molecule has 2 heteroatoms. The molecule has 0 aliphatic carbocycles. The van der Waals surface area contributed by atoms with Crippen molar-refractivity contribution in [2.45, 2.75) is 26.2 Å². The molecule has 15 heavy (non-hydrogen) atoms. The molecule has 2 rings (SSSR count). The summed E-state index contributed by atoms with van der Waals surface area (Å²) in [4.78, 5) is 0. The fourth-order valence-electron chi connectivity index (χ4n) is 2.19. The fraction of sp³-hybridized carbons (Fsp3) is 0.538. The van der Waals surface area contributed by atoms with E-state index in [1.165, 1.54) is 17.5 Å². The molecule has 1 N–H and O–H groups in total. The monoisotopic (exact) mass is 205 g/mol. The fourth-order valence-corrected chi connectivity index (χ4v) is 2.19. The van der Waals surface area contributed by atoms with E-state index in [1.807, 2.05) is 6.92 Å². The summed E-state index contributed by atoms with van der Waals surface area (Å²) in [6.07, 6.45) is 1.23. The van der Waals surface area contributed by atoms with E-state index in [9.17, 15) is 0 Å². The molecule has 82 valence electrons. The average Bonchev–Trinajstić information content (AvgIpc) is 2.74. The first-order valence-electron chi connectivity index (χ1n) is 5.75. The molecule has 1 aromatic rings. The summed E-state index contributed by atoms with van der Waals surface area (Å²) in [6.45, 7) is 7.14.